The van der Waals surface area contributed by atoms with Gasteiger partial charge in [0, 0.05) is 4.47 Å². The van der Waals surface area contributed by atoms with E-state index in [2.05, 4.69) is 25.9 Å². The Kier molecular flexibility index (Phi) is 3.82. The van der Waals surface area contributed by atoms with E-state index in [0.29, 0.717) is 15.9 Å². The fourth-order valence-electron chi connectivity index (χ4n) is 1.28. The Morgan fingerprint density at radius 2 is 1.89 bits per heavy atom. The molecule has 0 atom stereocenters. The highest BCUT2D eigenvalue weighted by Crippen LogP contribution is 2.29. The van der Waals surface area contributed by atoms with Gasteiger partial charge in [0.05, 0.1) is 11.4 Å². The molecule has 0 spiro atoms. The highest BCUT2D eigenvalue weighted by molar-refractivity contribution is 9.10. The molecule has 0 radical (unpaired) electrons. The average molecular weight is 332 g/mol. The van der Waals surface area contributed by atoms with Crippen LogP contribution in [0.1, 0.15) is 11.4 Å². The number of benzene rings is 1. The summed E-state index contributed by atoms with van der Waals surface area (Å²) in [6, 6.07) is 4.46. The van der Waals surface area contributed by atoms with Crippen LogP contribution in [0.15, 0.2) is 22.7 Å². The van der Waals surface area contributed by atoms with E-state index in [0.717, 1.165) is 0 Å². The number of halogens is 3. The first-order chi connectivity index (χ1) is 8.47. The molecule has 0 amide bonds. The summed E-state index contributed by atoms with van der Waals surface area (Å²) in [7, 11) is 0. The second-order valence-electron chi connectivity index (χ2n) is 3.67. The second-order valence-corrected chi connectivity index (χ2v) is 4.94. The predicted molar refractivity (Wildman–Crippen MR) is 70.7 cm³/mol. The standard InChI is InChI=1S/C12H9BrClFN2O/c1-6-7(2)17-12(11(14)16-6)18-10-4-3-8(13)5-9(10)15/h3-5H,1-2H3. The summed E-state index contributed by atoms with van der Waals surface area (Å²) in [5.41, 5.74) is 1.40. The zero-order valence-electron chi connectivity index (χ0n) is 9.67. The minimum Gasteiger partial charge on any atom is -0.433 e. The Morgan fingerprint density at radius 3 is 2.56 bits per heavy atom. The molecule has 1 aromatic carbocycles. The highest BCUT2D eigenvalue weighted by Gasteiger charge is 2.12. The largest absolute Gasteiger partial charge is 0.433 e. The summed E-state index contributed by atoms with van der Waals surface area (Å²) in [4.78, 5) is 8.20. The van der Waals surface area contributed by atoms with Crippen molar-refractivity contribution in [1.29, 1.82) is 0 Å². The molecule has 0 aliphatic carbocycles. The molecule has 0 saturated carbocycles. The minimum atomic E-state index is -0.500. The maximum atomic E-state index is 13.6. The molecule has 2 rings (SSSR count). The fraction of sp³-hybridized carbons (Fsp3) is 0.167. The van der Waals surface area contributed by atoms with Crippen LogP contribution in [0.3, 0.4) is 0 Å². The third-order valence-corrected chi connectivity index (χ3v) is 3.08. The van der Waals surface area contributed by atoms with Gasteiger partial charge in [-0.15, -0.1) is 0 Å². The average Bonchev–Trinajstić information content (AvgIpc) is 2.29. The van der Waals surface area contributed by atoms with E-state index in [4.69, 9.17) is 16.3 Å². The summed E-state index contributed by atoms with van der Waals surface area (Å²) >= 11 is 9.07. The van der Waals surface area contributed by atoms with Crippen molar-refractivity contribution in [2.45, 2.75) is 13.8 Å². The molecule has 6 heteroatoms. The molecule has 0 bridgehead atoms. The van der Waals surface area contributed by atoms with Crippen molar-refractivity contribution >= 4 is 27.5 Å². The molecule has 0 N–H and O–H groups in total. The normalized spacial score (nSPS) is 10.5. The predicted octanol–water partition coefficient (Wildman–Crippen LogP) is 4.44. The first kappa shape index (κ1) is 13.2. The summed E-state index contributed by atoms with van der Waals surface area (Å²) in [5, 5.41) is 0.111. The molecule has 0 fully saturated rings. The first-order valence-electron chi connectivity index (χ1n) is 5.11. The Labute approximate surface area is 117 Å². The lowest BCUT2D eigenvalue weighted by Gasteiger charge is -2.09. The van der Waals surface area contributed by atoms with Gasteiger partial charge in [-0.3, -0.25) is 0 Å². The zero-order valence-corrected chi connectivity index (χ0v) is 12.0. The van der Waals surface area contributed by atoms with Crippen molar-refractivity contribution in [2.75, 3.05) is 0 Å². The van der Waals surface area contributed by atoms with Crippen molar-refractivity contribution in [3.8, 4) is 11.6 Å². The van der Waals surface area contributed by atoms with Gasteiger partial charge in [0.2, 0.25) is 0 Å². The van der Waals surface area contributed by atoms with E-state index < -0.39 is 5.82 Å². The molecule has 2 aromatic rings. The lowest BCUT2D eigenvalue weighted by Crippen LogP contribution is -1.98. The van der Waals surface area contributed by atoms with Crippen LogP contribution >= 0.6 is 27.5 Å². The van der Waals surface area contributed by atoms with Crippen LogP contribution in [0, 0.1) is 19.7 Å². The number of rotatable bonds is 2. The molecule has 18 heavy (non-hydrogen) atoms. The molecule has 0 saturated heterocycles. The minimum absolute atomic E-state index is 0.0534. The molecule has 1 heterocycles. The van der Waals surface area contributed by atoms with E-state index in [1.54, 1.807) is 19.9 Å². The quantitative estimate of drug-likeness (QED) is 0.816. The van der Waals surface area contributed by atoms with Gasteiger partial charge in [-0.2, -0.15) is 0 Å². The van der Waals surface area contributed by atoms with E-state index >= 15 is 0 Å². The summed E-state index contributed by atoms with van der Waals surface area (Å²) in [6.45, 7) is 3.57. The lowest BCUT2D eigenvalue weighted by atomic mass is 10.3. The van der Waals surface area contributed by atoms with Crippen molar-refractivity contribution in [2.24, 2.45) is 0 Å². The highest BCUT2D eigenvalue weighted by atomic mass is 79.9. The van der Waals surface area contributed by atoms with Gasteiger partial charge in [-0.05, 0) is 32.0 Å². The van der Waals surface area contributed by atoms with Crippen molar-refractivity contribution < 1.29 is 9.13 Å². The Hall–Kier alpha value is -1.20. The van der Waals surface area contributed by atoms with Gasteiger partial charge in [0.1, 0.15) is 0 Å². The number of aryl methyl sites for hydroxylation is 2. The number of nitrogens with zero attached hydrogens (tertiary/aromatic N) is 2. The van der Waals surface area contributed by atoms with Crippen LogP contribution in [-0.4, -0.2) is 9.97 Å². The molecule has 0 aliphatic heterocycles. The molecule has 1 aromatic heterocycles. The molecule has 94 valence electrons. The van der Waals surface area contributed by atoms with Gasteiger partial charge < -0.3 is 4.74 Å². The van der Waals surface area contributed by atoms with Gasteiger partial charge in [0.15, 0.2) is 16.7 Å². The molecule has 0 unspecified atom stereocenters. The van der Waals surface area contributed by atoms with Crippen LogP contribution in [0.5, 0.6) is 11.6 Å². The monoisotopic (exact) mass is 330 g/mol. The van der Waals surface area contributed by atoms with Crippen LogP contribution in [0.4, 0.5) is 4.39 Å². The maximum Gasteiger partial charge on any atom is 0.258 e. The topological polar surface area (TPSA) is 35.0 Å². The zero-order chi connectivity index (χ0) is 13.3. The van der Waals surface area contributed by atoms with Crippen molar-refractivity contribution in [1.82, 2.24) is 9.97 Å². The van der Waals surface area contributed by atoms with Gasteiger partial charge in [-0.25, -0.2) is 14.4 Å². The smallest absolute Gasteiger partial charge is 0.258 e. The maximum absolute atomic E-state index is 13.6. The number of hydrogen-bond acceptors (Lipinski definition) is 3. The molecular weight excluding hydrogens is 322 g/mol. The van der Waals surface area contributed by atoms with Crippen molar-refractivity contribution in [3.05, 3.63) is 45.0 Å². The molecule has 0 aliphatic rings. The van der Waals surface area contributed by atoms with Crippen LogP contribution in [0.25, 0.3) is 0 Å². The second kappa shape index (κ2) is 5.20. The Bertz CT molecular complexity index is 607. The molecular formula is C12H9BrClFN2O. The SMILES string of the molecule is Cc1nc(Cl)c(Oc2ccc(Br)cc2F)nc1C. The number of hydrogen-bond donors (Lipinski definition) is 0. The number of ether oxygens (including phenoxy) is 1. The van der Waals surface area contributed by atoms with Gasteiger partial charge in [0.25, 0.3) is 5.88 Å². The number of aromatic nitrogens is 2. The van der Waals surface area contributed by atoms with E-state index in [-0.39, 0.29) is 16.8 Å². The van der Waals surface area contributed by atoms with Crippen molar-refractivity contribution in [3.63, 3.8) is 0 Å². The Balaban J connectivity index is 2.37. The summed E-state index contributed by atoms with van der Waals surface area (Å²) < 4.78 is 19.6. The first-order valence-corrected chi connectivity index (χ1v) is 6.28. The Morgan fingerprint density at radius 1 is 1.22 bits per heavy atom. The lowest BCUT2D eigenvalue weighted by molar-refractivity contribution is 0.424. The summed E-state index contributed by atoms with van der Waals surface area (Å²) in [5.74, 6) is -0.348. The third-order valence-electron chi connectivity index (χ3n) is 2.34. The van der Waals surface area contributed by atoms with E-state index in [1.165, 1.54) is 12.1 Å². The van der Waals surface area contributed by atoms with Gasteiger partial charge >= 0.3 is 0 Å². The van der Waals surface area contributed by atoms with E-state index in [1.807, 2.05) is 0 Å². The summed E-state index contributed by atoms with van der Waals surface area (Å²) in [6.07, 6.45) is 0. The fourth-order valence-corrected chi connectivity index (χ4v) is 1.82. The third kappa shape index (κ3) is 2.79. The molecule has 3 nitrogen and oxygen atoms in total. The van der Waals surface area contributed by atoms with Crippen LogP contribution in [0.2, 0.25) is 5.15 Å². The van der Waals surface area contributed by atoms with Gasteiger partial charge in [-0.1, -0.05) is 27.5 Å². The van der Waals surface area contributed by atoms with E-state index in [9.17, 15) is 4.39 Å². The van der Waals surface area contributed by atoms with Crippen LogP contribution in [-0.2, 0) is 0 Å². The van der Waals surface area contributed by atoms with Crippen LogP contribution < -0.4 is 4.74 Å².